The van der Waals surface area contributed by atoms with Crippen LogP contribution < -0.4 is 47.4 Å². The van der Waals surface area contributed by atoms with Gasteiger partial charge in [-0.25, -0.2) is 53.7 Å². The molecule has 3 aromatic heterocycles. The van der Waals surface area contributed by atoms with Crippen molar-refractivity contribution in [2.24, 2.45) is 0 Å². The summed E-state index contributed by atoms with van der Waals surface area (Å²) in [5.41, 5.74) is 10.2. The van der Waals surface area contributed by atoms with Crippen molar-refractivity contribution in [2.75, 3.05) is 77.4 Å². The highest BCUT2D eigenvalue weighted by Crippen LogP contribution is 2.45. The number of sulfone groups is 1. The van der Waals surface area contributed by atoms with Crippen LogP contribution in [0.5, 0.6) is 28.7 Å². The number of benzene rings is 8. The van der Waals surface area contributed by atoms with E-state index in [2.05, 4.69) is 162 Å². The van der Waals surface area contributed by atoms with E-state index in [0.29, 0.717) is 107 Å². The molecule has 14 rings (SSSR count). The van der Waals surface area contributed by atoms with E-state index >= 15 is 0 Å². The van der Waals surface area contributed by atoms with Crippen LogP contribution in [0, 0.1) is 10.1 Å². The zero-order valence-electron chi connectivity index (χ0n) is 59.7. The van der Waals surface area contributed by atoms with Gasteiger partial charge in [-0.2, -0.15) is 0 Å². The van der Waals surface area contributed by atoms with Gasteiger partial charge >= 0.3 is 0 Å². The number of rotatable bonds is 20. The molecular weight excluding hydrogens is 1720 g/mol. The molecule has 107 heavy (non-hydrogen) atoms. The first-order chi connectivity index (χ1) is 51.3. The summed E-state index contributed by atoms with van der Waals surface area (Å²) in [5.74, 6) is 4.23. The van der Waals surface area contributed by atoms with Gasteiger partial charge < -0.3 is 38.8 Å². The lowest BCUT2D eigenvalue weighted by molar-refractivity contribution is 0.313. The van der Waals surface area contributed by atoms with Crippen LogP contribution in [0.2, 0.25) is 0 Å². The van der Waals surface area contributed by atoms with Gasteiger partial charge in [0.05, 0.1) is 84.4 Å². The molecule has 0 saturated heterocycles. The van der Waals surface area contributed by atoms with E-state index in [-0.39, 0.29) is 33.5 Å². The van der Waals surface area contributed by atoms with E-state index in [1.165, 1.54) is 61.8 Å². The summed E-state index contributed by atoms with van der Waals surface area (Å²) in [5, 5.41) is 9.84. The third-order valence-corrected chi connectivity index (χ3v) is 28.2. The number of nitrogens with one attached hydrogen (secondary N) is 1. The van der Waals surface area contributed by atoms with Crippen LogP contribution in [0.1, 0.15) is 92.1 Å². The lowest BCUT2D eigenvalue weighted by Crippen LogP contribution is -2.31. The SMILES string of the molecule is CC(C)c1ccc(I)c(Br)c1.COc1ccc(CN(c2nccs2)S(=O)(=O)c2ccc3c(c2)OCCN3)cc1.COc1ccc(CN(c2nccs2)S(=O)(=O)c2ccc3c(c2)OCCN3c2ccc(C(C)C)cc2Br)cc1.[C-]#[N+]c1cc(C(C)C)ccc1N1CCOc2cc(S(=O)(=O)Cc3nccs3)ccc21. The van der Waals surface area contributed by atoms with Gasteiger partial charge in [0.2, 0.25) is 5.69 Å². The molecule has 8 aromatic carbocycles. The monoisotopic (exact) mass is 1790 g/mol. The first-order valence-corrected chi connectivity index (χ1v) is 43.8. The topological polar surface area (TPSA) is 217 Å². The summed E-state index contributed by atoms with van der Waals surface area (Å²) in [6, 6.07) is 48.3. The Labute approximate surface area is 668 Å². The molecule has 6 heterocycles. The van der Waals surface area contributed by atoms with Crippen LogP contribution in [-0.2, 0) is 48.7 Å². The van der Waals surface area contributed by atoms with Gasteiger partial charge in [0, 0.05) is 77.7 Å². The molecule has 0 radical (unpaired) electrons. The Kier molecular flexibility index (Phi) is 26.7. The highest BCUT2D eigenvalue weighted by atomic mass is 127. The molecule has 558 valence electrons. The average molecular weight is 1800 g/mol. The molecule has 3 aliphatic rings. The molecule has 0 saturated carbocycles. The average Bonchev–Trinajstić information content (AvgIpc) is 1.51. The third-order valence-electron chi connectivity index (χ3n) is 17.4. The zero-order valence-corrected chi connectivity index (χ0v) is 70.0. The molecule has 0 bridgehead atoms. The van der Waals surface area contributed by atoms with E-state index in [9.17, 15) is 25.3 Å². The Bertz CT molecular complexity index is 5270. The fourth-order valence-corrected chi connectivity index (χ4v) is 19.7. The Morgan fingerprint density at radius 3 is 1.47 bits per heavy atom. The van der Waals surface area contributed by atoms with Crippen molar-refractivity contribution in [1.29, 1.82) is 0 Å². The van der Waals surface area contributed by atoms with Gasteiger partial charge in [0.25, 0.3) is 20.0 Å². The summed E-state index contributed by atoms with van der Waals surface area (Å²) in [6.45, 7) is 24.1. The van der Waals surface area contributed by atoms with Crippen molar-refractivity contribution >= 4 is 163 Å². The van der Waals surface area contributed by atoms with Crippen molar-refractivity contribution in [1.82, 2.24) is 15.0 Å². The maximum absolute atomic E-state index is 13.9. The van der Waals surface area contributed by atoms with E-state index < -0.39 is 29.9 Å². The normalized spacial score (nSPS) is 13.1. The third kappa shape index (κ3) is 19.4. The highest BCUT2D eigenvalue weighted by molar-refractivity contribution is 14.1. The van der Waals surface area contributed by atoms with E-state index in [1.807, 2.05) is 65.6 Å². The lowest BCUT2D eigenvalue weighted by Gasteiger charge is -2.33. The van der Waals surface area contributed by atoms with E-state index in [0.717, 1.165) is 49.6 Å². The van der Waals surface area contributed by atoms with Crippen LogP contribution in [0.3, 0.4) is 0 Å². The number of ether oxygens (including phenoxy) is 5. The van der Waals surface area contributed by atoms with Crippen molar-refractivity contribution in [3.8, 4) is 28.7 Å². The second-order valence-corrected chi connectivity index (χ2v) is 36.7. The molecule has 3 aliphatic heterocycles. The number of nitrogens with zero attached hydrogens (tertiary/aromatic N) is 8. The number of hydrogen-bond donors (Lipinski definition) is 1. The summed E-state index contributed by atoms with van der Waals surface area (Å²) < 4.78 is 114. The largest absolute Gasteiger partial charge is 0.497 e. The van der Waals surface area contributed by atoms with Crippen LogP contribution in [0.4, 0.5) is 44.4 Å². The van der Waals surface area contributed by atoms with Gasteiger partial charge in [-0.15, -0.1) is 34.0 Å². The Morgan fingerprint density at radius 1 is 0.533 bits per heavy atom. The first kappa shape index (κ1) is 79.7. The first-order valence-electron chi connectivity index (χ1n) is 33.9. The van der Waals surface area contributed by atoms with Gasteiger partial charge in [-0.3, -0.25) is 0 Å². The second-order valence-electron chi connectivity index (χ2n) is 25.4. The molecule has 0 aliphatic carbocycles. The molecule has 20 nitrogen and oxygen atoms in total. The van der Waals surface area contributed by atoms with E-state index in [1.54, 1.807) is 110 Å². The van der Waals surface area contributed by atoms with Crippen molar-refractivity contribution in [3.05, 3.63) is 249 Å². The summed E-state index contributed by atoms with van der Waals surface area (Å²) in [4.78, 5) is 21.0. The van der Waals surface area contributed by atoms with Crippen LogP contribution in [0.25, 0.3) is 4.85 Å². The molecule has 29 heteroatoms. The number of sulfonamides is 2. The molecule has 0 amide bonds. The predicted molar refractivity (Wildman–Crippen MR) is 444 cm³/mol. The van der Waals surface area contributed by atoms with Crippen molar-refractivity contribution in [2.45, 2.75) is 92.8 Å². The standard InChI is InChI=1S/C28H28BrN3O4S2.C22H21N3O3S2.C19H19N3O4S2.C9H10BrI/c1-19(2)21-6-10-25(24(29)16-21)31-13-14-36-27-17-23(9-11-26(27)31)38(33,34)32(28-30-12-15-37-28)18-20-4-7-22(35-3)8-5-20;1-15(2)16-4-6-19(18(12-16)23-3)25-9-10-28-21-13-17(5-7-20(21)25)30(26,27)14-22-24-8-11-29-22;1-25-15-4-2-14(3-5-15)13-22(19-21-9-11-27-19)28(23,24)16-6-7-17-18(12-16)26-10-8-20-17;1-6(2)7-3-4-9(11)8(10)5-7/h4-12,15-17,19H,13-14,18H2,1-3H3;4-8,11-13,15H,9-10,14H2,1-2H3;2-7,9,11-12,20H,8,10,13H2,1H3;3-6H,1-2H3. The fourth-order valence-electron chi connectivity index (χ4n) is 11.5. The minimum absolute atomic E-state index is 0.133. The number of halogens is 3. The number of fused-ring (bicyclic) bond motifs is 3. The second kappa shape index (κ2) is 35.8. The summed E-state index contributed by atoms with van der Waals surface area (Å²) in [6.07, 6.45) is 4.80. The number of aromatic nitrogens is 3. The molecule has 1 N–H and O–H groups in total. The molecule has 0 atom stereocenters. The van der Waals surface area contributed by atoms with Crippen LogP contribution >= 0.6 is 88.5 Å². The van der Waals surface area contributed by atoms with Crippen LogP contribution in [0.15, 0.2) is 216 Å². The Morgan fingerprint density at radius 2 is 0.981 bits per heavy atom. The molecule has 0 unspecified atom stereocenters. The smallest absolute Gasteiger partial charge is 0.266 e. The molecular formula is C78H78Br2IN9O11S6. The molecule has 11 aromatic rings. The summed E-state index contributed by atoms with van der Waals surface area (Å²) in [7, 11) is -8.10. The Hall–Kier alpha value is -8.32. The number of anilines is 7. The Balaban J connectivity index is 0.000000151. The quantitative estimate of drug-likeness (QED) is 0.0554. The zero-order chi connectivity index (χ0) is 76.2. The van der Waals surface area contributed by atoms with Gasteiger partial charge in [-0.1, -0.05) is 95.6 Å². The van der Waals surface area contributed by atoms with Crippen LogP contribution in [-0.4, -0.2) is 93.9 Å². The van der Waals surface area contributed by atoms with Crippen molar-refractivity contribution < 1.29 is 48.9 Å². The highest BCUT2D eigenvalue weighted by Gasteiger charge is 2.33. The summed E-state index contributed by atoms with van der Waals surface area (Å²) >= 11 is 13.4. The number of methoxy groups -OCH3 is 2. The minimum atomic E-state index is -3.93. The molecule has 0 spiro atoms. The van der Waals surface area contributed by atoms with Gasteiger partial charge in [0.1, 0.15) is 59.3 Å². The number of thiazole rings is 3. The van der Waals surface area contributed by atoms with Gasteiger partial charge in [-0.05, 0) is 185 Å². The van der Waals surface area contributed by atoms with Gasteiger partial charge in [0.15, 0.2) is 20.1 Å². The number of hydrogen-bond acceptors (Lipinski definition) is 20. The predicted octanol–water partition coefficient (Wildman–Crippen LogP) is 19.8. The maximum atomic E-state index is 13.9. The van der Waals surface area contributed by atoms with E-state index in [4.69, 9.17) is 30.3 Å². The fraction of sp³-hybridized carbons (Fsp3) is 0.256. The maximum Gasteiger partial charge on any atom is 0.266 e. The minimum Gasteiger partial charge on any atom is -0.497 e. The lowest BCUT2D eigenvalue weighted by atomic mass is 10.0. The molecule has 0 fully saturated rings. The van der Waals surface area contributed by atoms with Crippen molar-refractivity contribution in [3.63, 3.8) is 0 Å².